The van der Waals surface area contributed by atoms with E-state index in [2.05, 4.69) is 10.3 Å². The third-order valence-corrected chi connectivity index (χ3v) is 5.62. The fourth-order valence-electron chi connectivity index (χ4n) is 2.34. The number of carbonyl (C=O) groups excluding carboxylic acids is 2. The molecule has 134 valence electrons. The molecule has 0 spiro atoms. The highest BCUT2D eigenvalue weighted by molar-refractivity contribution is 7.20. The van der Waals surface area contributed by atoms with E-state index in [1.807, 2.05) is 49.6 Å². The molecule has 1 atom stereocenters. The summed E-state index contributed by atoms with van der Waals surface area (Å²) in [7, 11) is 0. The summed E-state index contributed by atoms with van der Waals surface area (Å²) >= 11 is 2.93. The normalized spacial score (nSPS) is 11.8. The fraction of sp³-hybridized carbons (Fsp3) is 0.211. The highest BCUT2D eigenvalue weighted by Gasteiger charge is 2.21. The van der Waals surface area contributed by atoms with Gasteiger partial charge in [0.05, 0.1) is 4.88 Å². The van der Waals surface area contributed by atoms with Crippen molar-refractivity contribution in [1.29, 1.82) is 0 Å². The van der Waals surface area contributed by atoms with Gasteiger partial charge >= 0.3 is 5.97 Å². The monoisotopic (exact) mass is 386 g/mol. The largest absolute Gasteiger partial charge is 0.448 e. The van der Waals surface area contributed by atoms with Crippen molar-refractivity contribution in [3.63, 3.8) is 0 Å². The summed E-state index contributed by atoms with van der Waals surface area (Å²) < 4.78 is 5.26. The lowest BCUT2D eigenvalue weighted by Gasteiger charge is -2.14. The zero-order chi connectivity index (χ0) is 18.7. The Bertz CT molecular complexity index is 932. The van der Waals surface area contributed by atoms with Crippen LogP contribution in [0.1, 0.15) is 28.5 Å². The number of esters is 1. The lowest BCUT2D eigenvalue weighted by Crippen LogP contribution is -2.30. The molecule has 2 aromatic heterocycles. The van der Waals surface area contributed by atoms with Crippen molar-refractivity contribution in [1.82, 2.24) is 4.98 Å². The van der Waals surface area contributed by atoms with Gasteiger partial charge in [0, 0.05) is 11.1 Å². The molecule has 1 amide bonds. The highest BCUT2D eigenvalue weighted by Crippen LogP contribution is 2.28. The average Bonchev–Trinajstić information content (AvgIpc) is 3.28. The summed E-state index contributed by atoms with van der Waals surface area (Å²) in [6.07, 6.45) is -0.921. The summed E-state index contributed by atoms with van der Waals surface area (Å²) in [5, 5.41) is 7.15. The molecule has 26 heavy (non-hydrogen) atoms. The summed E-state index contributed by atoms with van der Waals surface area (Å²) in [5.74, 6) is -0.980. The topological polar surface area (TPSA) is 68.3 Å². The molecule has 2 heterocycles. The fourth-order valence-corrected chi connectivity index (χ4v) is 3.95. The minimum Gasteiger partial charge on any atom is -0.448 e. The smallest absolute Gasteiger partial charge is 0.358 e. The second-order valence-corrected chi connectivity index (χ2v) is 7.68. The minimum atomic E-state index is -0.921. The molecule has 0 unspecified atom stereocenters. The molecule has 3 aromatic rings. The molecule has 3 rings (SSSR count). The van der Waals surface area contributed by atoms with Crippen LogP contribution < -0.4 is 5.32 Å². The molecule has 0 saturated heterocycles. The number of ether oxygens (including phenoxy) is 1. The summed E-state index contributed by atoms with van der Waals surface area (Å²) in [5.41, 5.74) is 2.99. The molecule has 0 bridgehead atoms. The van der Waals surface area contributed by atoms with Gasteiger partial charge in [-0.15, -0.1) is 22.7 Å². The van der Waals surface area contributed by atoms with Gasteiger partial charge in [-0.25, -0.2) is 9.78 Å². The van der Waals surface area contributed by atoms with E-state index in [1.54, 1.807) is 23.6 Å². The predicted molar refractivity (Wildman–Crippen MR) is 105 cm³/mol. The van der Waals surface area contributed by atoms with Gasteiger partial charge in [-0.05, 0) is 43.8 Å². The standard InChI is InChI=1S/C19H18N2O3S2/c1-11-6-7-14(12(2)9-11)20-17(22)13(3)24-19(23)15-10-26-18(21-15)16-5-4-8-25-16/h4-10,13H,1-3H3,(H,20,22)/t13-/m1/s1. The van der Waals surface area contributed by atoms with E-state index in [0.717, 1.165) is 21.0 Å². The number of aromatic nitrogens is 1. The molecule has 1 aromatic carbocycles. The van der Waals surface area contributed by atoms with Crippen molar-refractivity contribution in [2.75, 3.05) is 5.32 Å². The van der Waals surface area contributed by atoms with Crippen LogP contribution in [0, 0.1) is 13.8 Å². The van der Waals surface area contributed by atoms with Crippen LogP contribution in [-0.2, 0) is 9.53 Å². The van der Waals surface area contributed by atoms with Crippen LogP contribution in [0.5, 0.6) is 0 Å². The molecule has 0 saturated carbocycles. The first-order valence-corrected chi connectivity index (χ1v) is 9.78. The Morgan fingerprint density at radius 1 is 1.19 bits per heavy atom. The number of rotatable bonds is 5. The number of hydrogen-bond acceptors (Lipinski definition) is 6. The maximum absolute atomic E-state index is 12.3. The lowest BCUT2D eigenvalue weighted by atomic mass is 10.1. The van der Waals surface area contributed by atoms with Crippen LogP contribution >= 0.6 is 22.7 Å². The molecular formula is C19H18N2O3S2. The van der Waals surface area contributed by atoms with E-state index >= 15 is 0 Å². The third kappa shape index (κ3) is 4.17. The molecule has 0 aliphatic rings. The van der Waals surface area contributed by atoms with Gasteiger partial charge < -0.3 is 10.1 Å². The quantitative estimate of drug-likeness (QED) is 0.647. The number of thiophene rings is 1. The van der Waals surface area contributed by atoms with Gasteiger partial charge in [0.25, 0.3) is 5.91 Å². The van der Waals surface area contributed by atoms with E-state index in [4.69, 9.17) is 4.74 Å². The maximum Gasteiger partial charge on any atom is 0.358 e. The van der Waals surface area contributed by atoms with E-state index in [-0.39, 0.29) is 11.6 Å². The van der Waals surface area contributed by atoms with Gasteiger partial charge in [0.1, 0.15) is 5.01 Å². The van der Waals surface area contributed by atoms with Gasteiger partial charge in [-0.2, -0.15) is 0 Å². The number of nitrogens with zero attached hydrogens (tertiary/aromatic N) is 1. The second-order valence-electron chi connectivity index (χ2n) is 5.87. The zero-order valence-corrected chi connectivity index (χ0v) is 16.2. The van der Waals surface area contributed by atoms with Crippen LogP contribution in [0.25, 0.3) is 9.88 Å². The number of carbonyl (C=O) groups is 2. The van der Waals surface area contributed by atoms with Crippen molar-refractivity contribution in [3.05, 3.63) is 57.9 Å². The number of aryl methyl sites for hydroxylation is 2. The Balaban J connectivity index is 1.62. The third-order valence-electron chi connectivity index (χ3n) is 3.74. The highest BCUT2D eigenvalue weighted by atomic mass is 32.1. The second kappa shape index (κ2) is 7.80. The minimum absolute atomic E-state index is 0.213. The zero-order valence-electron chi connectivity index (χ0n) is 14.6. The van der Waals surface area contributed by atoms with Crippen molar-refractivity contribution >= 4 is 40.2 Å². The first kappa shape index (κ1) is 18.3. The number of nitrogens with one attached hydrogen (secondary N) is 1. The Hall–Kier alpha value is -2.51. The van der Waals surface area contributed by atoms with E-state index in [9.17, 15) is 9.59 Å². The number of hydrogen-bond donors (Lipinski definition) is 1. The first-order chi connectivity index (χ1) is 12.4. The number of thiazole rings is 1. The first-order valence-electron chi connectivity index (χ1n) is 8.02. The van der Waals surface area contributed by atoms with E-state index in [0.29, 0.717) is 5.69 Å². The van der Waals surface area contributed by atoms with E-state index in [1.165, 1.54) is 11.3 Å². The van der Waals surface area contributed by atoms with Crippen LogP contribution in [0.3, 0.4) is 0 Å². The Morgan fingerprint density at radius 3 is 2.69 bits per heavy atom. The molecule has 0 aliphatic heterocycles. The average molecular weight is 386 g/mol. The van der Waals surface area contributed by atoms with Crippen LogP contribution in [0.2, 0.25) is 0 Å². The Kier molecular flexibility index (Phi) is 5.49. The van der Waals surface area contributed by atoms with Gasteiger partial charge in [-0.3, -0.25) is 4.79 Å². The Morgan fingerprint density at radius 2 is 2.00 bits per heavy atom. The number of anilines is 1. The summed E-state index contributed by atoms with van der Waals surface area (Å²) in [6.45, 7) is 5.45. The van der Waals surface area contributed by atoms with Crippen molar-refractivity contribution in [2.24, 2.45) is 0 Å². The SMILES string of the molecule is Cc1ccc(NC(=O)[C@@H](C)OC(=O)c2csc(-c3cccs3)n2)c(C)c1. The number of benzene rings is 1. The van der Waals surface area contributed by atoms with Gasteiger partial charge in [0.2, 0.25) is 0 Å². The molecule has 7 heteroatoms. The molecule has 1 N–H and O–H groups in total. The van der Waals surface area contributed by atoms with Gasteiger partial charge in [-0.1, -0.05) is 23.8 Å². The molecule has 0 fully saturated rings. The molecule has 0 aliphatic carbocycles. The molecular weight excluding hydrogens is 368 g/mol. The van der Waals surface area contributed by atoms with Crippen molar-refractivity contribution in [2.45, 2.75) is 26.9 Å². The predicted octanol–water partition coefficient (Wildman–Crippen LogP) is 4.67. The Labute approximate surface area is 159 Å². The van der Waals surface area contributed by atoms with Crippen molar-refractivity contribution in [3.8, 4) is 9.88 Å². The lowest BCUT2D eigenvalue weighted by molar-refractivity contribution is -0.123. The maximum atomic E-state index is 12.3. The number of amides is 1. The molecule has 5 nitrogen and oxygen atoms in total. The van der Waals surface area contributed by atoms with E-state index < -0.39 is 12.1 Å². The summed E-state index contributed by atoms with van der Waals surface area (Å²) in [6, 6.07) is 9.61. The van der Waals surface area contributed by atoms with Crippen LogP contribution in [-0.4, -0.2) is 23.0 Å². The van der Waals surface area contributed by atoms with Crippen molar-refractivity contribution < 1.29 is 14.3 Å². The summed E-state index contributed by atoms with van der Waals surface area (Å²) in [4.78, 5) is 29.8. The van der Waals surface area contributed by atoms with Gasteiger partial charge in [0.15, 0.2) is 11.8 Å². The van der Waals surface area contributed by atoms with Crippen LogP contribution in [0.15, 0.2) is 41.1 Å². The van der Waals surface area contributed by atoms with Crippen LogP contribution in [0.4, 0.5) is 5.69 Å². The molecule has 0 radical (unpaired) electrons.